The monoisotopic (exact) mass is 482 g/mol. The Morgan fingerprint density at radius 1 is 1.17 bits per heavy atom. The van der Waals surface area contributed by atoms with E-state index >= 15 is 0 Å². The van der Waals surface area contributed by atoms with Gasteiger partial charge in [0.2, 0.25) is 5.91 Å². The number of nitrogens with one attached hydrogen (secondary N) is 1. The Labute approximate surface area is 209 Å². The van der Waals surface area contributed by atoms with Crippen LogP contribution in [0.1, 0.15) is 59.6 Å². The Bertz CT molecular complexity index is 1140. The number of aryl methyl sites for hydroxylation is 1. The van der Waals surface area contributed by atoms with Crippen LogP contribution < -0.4 is 11.0 Å². The Balaban J connectivity index is 1.36. The van der Waals surface area contributed by atoms with Crippen LogP contribution in [0.4, 0.5) is 0 Å². The van der Waals surface area contributed by atoms with Gasteiger partial charge in [0.05, 0.1) is 17.8 Å². The Hall–Kier alpha value is -2.45. The second-order valence-electron chi connectivity index (χ2n) is 11.7. The van der Waals surface area contributed by atoms with E-state index in [1.165, 1.54) is 5.57 Å². The van der Waals surface area contributed by atoms with Gasteiger partial charge >= 0.3 is 5.69 Å². The minimum Gasteiger partial charge on any atom is -0.352 e. The minimum absolute atomic E-state index is 0.00452. The lowest BCUT2D eigenvalue weighted by Crippen LogP contribution is -2.52. The maximum absolute atomic E-state index is 12.8. The van der Waals surface area contributed by atoms with Crippen LogP contribution in [0.5, 0.6) is 0 Å². The number of imidazole rings is 1. The molecule has 2 aromatic rings. The van der Waals surface area contributed by atoms with E-state index in [1.807, 2.05) is 16.7 Å². The number of piperazine rings is 1. The summed E-state index contributed by atoms with van der Waals surface area (Å²) in [4.78, 5) is 35.0. The number of carbonyl (C=O) groups is 1. The molecule has 8 nitrogen and oxygen atoms in total. The highest BCUT2D eigenvalue weighted by Crippen LogP contribution is 2.28. The van der Waals surface area contributed by atoms with Crippen molar-refractivity contribution in [3.63, 3.8) is 0 Å². The van der Waals surface area contributed by atoms with Gasteiger partial charge in [-0.2, -0.15) is 0 Å². The Kier molecular flexibility index (Phi) is 7.52. The van der Waals surface area contributed by atoms with E-state index in [0.717, 1.165) is 62.3 Å². The third-order valence-electron chi connectivity index (χ3n) is 7.22. The molecule has 3 heterocycles. The van der Waals surface area contributed by atoms with Crippen LogP contribution in [-0.2, 0) is 18.4 Å². The molecule has 1 aliphatic carbocycles. The molecule has 0 radical (unpaired) electrons. The van der Waals surface area contributed by atoms with E-state index in [4.69, 9.17) is 4.98 Å². The van der Waals surface area contributed by atoms with Crippen molar-refractivity contribution in [1.29, 1.82) is 0 Å². The van der Waals surface area contributed by atoms with Gasteiger partial charge in [0.1, 0.15) is 0 Å². The number of fused-ring (bicyclic) bond motifs is 1. The SMILES string of the molecule is CC(C)N1CCN(CC(=O)NC2CC=C(c3ccc4c(n3)n(C)c(=O)n4CC(C)(C)C)CC2)CC1. The van der Waals surface area contributed by atoms with Crippen LogP contribution in [0.15, 0.2) is 23.0 Å². The lowest BCUT2D eigenvalue weighted by Gasteiger charge is -2.36. The van der Waals surface area contributed by atoms with Crippen molar-refractivity contribution in [1.82, 2.24) is 29.2 Å². The predicted octanol–water partition coefficient (Wildman–Crippen LogP) is 2.86. The molecule has 0 saturated carbocycles. The summed E-state index contributed by atoms with van der Waals surface area (Å²) in [5.41, 5.74) is 3.71. The molecule has 1 fully saturated rings. The second-order valence-corrected chi connectivity index (χ2v) is 11.7. The second kappa shape index (κ2) is 10.3. The molecule has 1 saturated heterocycles. The fourth-order valence-electron chi connectivity index (χ4n) is 5.19. The van der Waals surface area contributed by atoms with Crippen molar-refractivity contribution in [2.75, 3.05) is 32.7 Å². The number of pyridine rings is 1. The first-order valence-corrected chi connectivity index (χ1v) is 13.0. The van der Waals surface area contributed by atoms with Gasteiger partial charge in [-0.1, -0.05) is 26.8 Å². The number of hydrogen-bond acceptors (Lipinski definition) is 5. The zero-order chi connectivity index (χ0) is 25.3. The van der Waals surface area contributed by atoms with E-state index in [9.17, 15) is 9.59 Å². The van der Waals surface area contributed by atoms with Crippen LogP contribution in [0, 0.1) is 5.41 Å². The summed E-state index contributed by atoms with van der Waals surface area (Å²) < 4.78 is 3.48. The number of aromatic nitrogens is 3. The van der Waals surface area contributed by atoms with Crippen molar-refractivity contribution >= 4 is 22.6 Å². The molecule has 0 aromatic carbocycles. The van der Waals surface area contributed by atoms with Crippen LogP contribution in [0.25, 0.3) is 16.7 Å². The summed E-state index contributed by atoms with van der Waals surface area (Å²) in [6.45, 7) is 16.0. The van der Waals surface area contributed by atoms with Gasteiger partial charge in [-0.15, -0.1) is 0 Å². The lowest BCUT2D eigenvalue weighted by atomic mass is 9.93. The molecular weight excluding hydrogens is 440 g/mol. The summed E-state index contributed by atoms with van der Waals surface area (Å²) in [6.07, 6.45) is 4.79. The molecule has 0 spiro atoms. The highest BCUT2D eigenvalue weighted by Gasteiger charge is 2.24. The summed E-state index contributed by atoms with van der Waals surface area (Å²) in [7, 11) is 1.80. The summed E-state index contributed by atoms with van der Waals surface area (Å²) in [5, 5.41) is 3.24. The smallest absolute Gasteiger partial charge is 0.330 e. The molecule has 1 N–H and O–H groups in total. The topological polar surface area (TPSA) is 75.4 Å². The zero-order valence-electron chi connectivity index (χ0n) is 22.3. The van der Waals surface area contributed by atoms with Gasteiger partial charge in [-0.25, -0.2) is 9.78 Å². The number of rotatable bonds is 6. The van der Waals surface area contributed by atoms with Crippen LogP contribution in [0.3, 0.4) is 0 Å². The maximum Gasteiger partial charge on any atom is 0.330 e. The normalized spacial score (nSPS) is 20.4. The van der Waals surface area contributed by atoms with Gasteiger partial charge < -0.3 is 5.32 Å². The van der Waals surface area contributed by atoms with Gasteiger partial charge in [0.25, 0.3) is 0 Å². The first kappa shape index (κ1) is 25.6. The molecule has 4 rings (SSSR count). The lowest BCUT2D eigenvalue weighted by molar-refractivity contribution is -0.123. The van der Waals surface area contributed by atoms with Crippen LogP contribution in [0.2, 0.25) is 0 Å². The van der Waals surface area contributed by atoms with E-state index in [0.29, 0.717) is 19.1 Å². The van der Waals surface area contributed by atoms with Gasteiger partial charge in [-0.05, 0) is 56.2 Å². The molecular formula is C27H42N6O2. The first-order valence-electron chi connectivity index (χ1n) is 13.0. The van der Waals surface area contributed by atoms with Crippen LogP contribution >= 0.6 is 0 Å². The molecule has 192 valence electrons. The maximum atomic E-state index is 12.8. The first-order chi connectivity index (χ1) is 16.5. The number of nitrogens with zero attached hydrogens (tertiary/aromatic N) is 5. The van der Waals surface area contributed by atoms with E-state index < -0.39 is 0 Å². The molecule has 0 bridgehead atoms. The Morgan fingerprint density at radius 3 is 2.49 bits per heavy atom. The number of hydrogen-bond donors (Lipinski definition) is 1. The van der Waals surface area contributed by atoms with E-state index in [-0.39, 0.29) is 23.1 Å². The zero-order valence-corrected chi connectivity index (χ0v) is 22.3. The average Bonchev–Trinajstić information content (AvgIpc) is 3.03. The largest absolute Gasteiger partial charge is 0.352 e. The molecule has 8 heteroatoms. The van der Waals surface area contributed by atoms with E-state index in [2.05, 4.69) is 55.8 Å². The summed E-state index contributed by atoms with van der Waals surface area (Å²) >= 11 is 0. The Morgan fingerprint density at radius 2 is 1.89 bits per heavy atom. The fraction of sp³-hybridized carbons (Fsp3) is 0.667. The van der Waals surface area contributed by atoms with Crippen molar-refractivity contribution in [3.8, 4) is 0 Å². The van der Waals surface area contributed by atoms with Gasteiger partial charge in [0, 0.05) is 51.9 Å². The molecule has 1 atom stereocenters. The van der Waals surface area contributed by atoms with Gasteiger partial charge in [0.15, 0.2) is 5.65 Å². The third kappa shape index (κ3) is 6.04. The average molecular weight is 483 g/mol. The standard InChI is InChI=1S/C27H42N6O2/c1-19(2)32-15-13-31(14-16-32)17-24(34)28-21-9-7-20(8-10-21)22-11-12-23-25(29-22)30(6)26(35)33(23)18-27(3,4)5/h7,11-12,19,21H,8-10,13-18H2,1-6H3,(H,28,34). The number of amides is 1. The van der Waals surface area contributed by atoms with Gasteiger partial charge in [-0.3, -0.25) is 23.7 Å². The highest BCUT2D eigenvalue weighted by molar-refractivity contribution is 5.79. The fourth-order valence-corrected chi connectivity index (χ4v) is 5.19. The quantitative estimate of drug-likeness (QED) is 0.685. The number of carbonyl (C=O) groups excluding carboxylic acids is 1. The molecule has 2 aromatic heterocycles. The predicted molar refractivity (Wildman–Crippen MR) is 141 cm³/mol. The molecule has 1 unspecified atom stereocenters. The van der Waals surface area contributed by atoms with Crippen LogP contribution in [-0.4, -0.2) is 74.6 Å². The summed E-state index contributed by atoms with van der Waals surface area (Å²) in [5.74, 6) is 0.125. The molecule has 35 heavy (non-hydrogen) atoms. The van der Waals surface area contributed by atoms with Crippen molar-refractivity contribution in [2.24, 2.45) is 12.5 Å². The summed E-state index contributed by atoms with van der Waals surface area (Å²) in [6, 6.07) is 4.79. The highest BCUT2D eigenvalue weighted by atomic mass is 16.2. The van der Waals surface area contributed by atoms with Crippen molar-refractivity contribution in [2.45, 2.75) is 72.5 Å². The molecule has 1 aliphatic heterocycles. The number of allylic oxidation sites excluding steroid dienone is 1. The molecule has 1 amide bonds. The molecule has 2 aliphatic rings. The van der Waals surface area contributed by atoms with Crippen molar-refractivity contribution < 1.29 is 4.79 Å². The third-order valence-corrected chi connectivity index (χ3v) is 7.22. The minimum atomic E-state index is -0.0226. The van der Waals surface area contributed by atoms with E-state index in [1.54, 1.807) is 11.6 Å². The van der Waals surface area contributed by atoms with Crippen molar-refractivity contribution in [3.05, 3.63) is 34.4 Å².